The number of nitrogen functional groups attached to an aromatic ring is 1. The minimum Gasteiger partial charge on any atom is -0.462 e. The molecule has 130 valence electrons. The van der Waals surface area contributed by atoms with Gasteiger partial charge in [0, 0.05) is 17.9 Å². The van der Waals surface area contributed by atoms with E-state index in [1.807, 2.05) is 56.9 Å². The number of nitrogens with two attached hydrogens (primary N) is 1. The van der Waals surface area contributed by atoms with Crippen LogP contribution in [0.5, 0.6) is 0 Å². The smallest absolute Gasteiger partial charge is 0.338 e. The molecule has 1 aromatic rings. The first-order chi connectivity index (χ1) is 11.3. The van der Waals surface area contributed by atoms with E-state index in [1.54, 1.807) is 0 Å². The number of esters is 1. The van der Waals surface area contributed by atoms with E-state index in [0.29, 0.717) is 29.5 Å². The normalized spacial score (nSPS) is 18.0. The van der Waals surface area contributed by atoms with Crippen LogP contribution >= 0.6 is 12.2 Å². The summed E-state index contributed by atoms with van der Waals surface area (Å²) >= 11 is 5.46. The minimum atomic E-state index is -0.333. The Labute approximate surface area is 148 Å². The maximum Gasteiger partial charge on any atom is 0.338 e. The molecule has 0 amide bonds. The third-order valence-electron chi connectivity index (χ3n) is 3.95. The molecule has 0 saturated carbocycles. The highest BCUT2D eigenvalue weighted by Gasteiger charge is 2.34. The van der Waals surface area contributed by atoms with Gasteiger partial charge in [0.05, 0.1) is 18.2 Å². The number of nitrogens with zero attached hydrogens (tertiary/aromatic N) is 1. The van der Waals surface area contributed by atoms with Gasteiger partial charge >= 0.3 is 5.97 Å². The molecule has 0 bridgehead atoms. The van der Waals surface area contributed by atoms with E-state index in [-0.39, 0.29) is 17.9 Å². The van der Waals surface area contributed by atoms with Crippen LogP contribution < -0.4 is 11.1 Å². The number of benzene rings is 1. The Morgan fingerprint density at radius 1 is 1.38 bits per heavy atom. The van der Waals surface area contributed by atoms with Gasteiger partial charge in [0.15, 0.2) is 5.11 Å². The molecular formula is C18H25N3O2S. The lowest BCUT2D eigenvalue weighted by Gasteiger charge is -2.37. The van der Waals surface area contributed by atoms with Crippen LogP contribution in [-0.2, 0) is 9.53 Å². The summed E-state index contributed by atoms with van der Waals surface area (Å²) < 4.78 is 5.49. The molecule has 2 rings (SSSR count). The van der Waals surface area contributed by atoms with Crippen LogP contribution in [0.3, 0.4) is 0 Å². The molecule has 1 atom stereocenters. The van der Waals surface area contributed by atoms with E-state index >= 15 is 0 Å². The summed E-state index contributed by atoms with van der Waals surface area (Å²) in [7, 11) is 0. The third kappa shape index (κ3) is 3.87. The lowest BCUT2D eigenvalue weighted by Crippen LogP contribution is -2.47. The van der Waals surface area contributed by atoms with Crippen molar-refractivity contribution < 1.29 is 9.53 Å². The van der Waals surface area contributed by atoms with Gasteiger partial charge in [-0.2, -0.15) is 0 Å². The van der Waals surface area contributed by atoms with Crippen LogP contribution in [0.2, 0.25) is 0 Å². The highest BCUT2D eigenvalue weighted by molar-refractivity contribution is 7.80. The lowest BCUT2D eigenvalue weighted by atomic mass is 9.95. The van der Waals surface area contributed by atoms with Crippen molar-refractivity contribution in [1.29, 1.82) is 0 Å². The Bertz CT molecular complexity index is 653. The Balaban J connectivity index is 2.42. The molecular weight excluding hydrogens is 322 g/mol. The molecule has 1 aliphatic rings. The number of hydrogen-bond donors (Lipinski definition) is 2. The van der Waals surface area contributed by atoms with Gasteiger partial charge in [-0.15, -0.1) is 0 Å². The van der Waals surface area contributed by atoms with Crippen LogP contribution in [0.1, 0.15) is 39.3 Å². The quantitative estimate of drug-likeness (QED) is 0.485. The second-order valence-corrected chi connectivity index (χ2v) is 6.67. The van der Waals surface area contributed by atoms with Crippen molar-refractivity contribution in [2.45, 2.75) is 33.7 Å². The molecule has 1 aromatic carbocycles. The SMILES string of the molecule is CCN1C(=S)NC(c2ccc(N)cc2)C(C(=O)OCC(C)C)=C1C. The zero-order chi connectivity index (χ0) is 17.9. The van der Waals surface area contributed by atoms with E-state index in [4.69, 9.17) is 22.7 Å². The molecule has 3 N–H and O–H groups in total. The number of anilines is 1. The summed E-state index contributed by atoms with van der Waals surface area (Å²) in [6.07, 6.45) is 0. The fourth-order valence-electron chi connectivity index (χ4n) is 2.69. The second kappa shape index (κ2) is 7.66. The standard InChI is InChI=1S/C18H25N3O2S/c1-5-21-12(4)15(17(22)23-10-11(2)3)16(20-18(21)24)13-6-8-14(19)9-7-13/h6-9,11,16H,5,10,19H2,1-4H3,(H,20,24). The molecule has 0 saturated heterocycles. The number of allylic oxidation sites excluding steroid dienone is 1. The zero-order valence-electron chi connectivity index (χ0n) is 14.6. The first-order valence-electron chi connectivity index (χ1n) is 8.16. The average molecular weight is 347 g/mol. The highest BCUT2D eigenvalue weighted by atomic mass is 32.1. The van der Waals surface area contributed by atoms with E-state index in [9.17, 15) is 4.79 Å². The average Bonchev–Trinajstić information content (AvgIpc) is 2.53. The van der Waals surface area contributed by atoms with Gasteiger partial charge in [-0.1, -0.05) is 26.0 Å². The number of ether oxygens (including phenoxy) is 1. The van der Waals surface area contributed by atoms with E-state index in [2.05, 4.69) is 5.32 Å². The van der Waals surface area contributed by atoms with Crippen molar-refractivity contribution in [1.82, 2.24) is 10.2 Å². The van der Waals surface area contributed by atoms with Gasteiger partial charge < -0.3 is 20.7 Å². The van der Waals surface area contributed by atoms with Crippen LogP contribution in [0.4, 0.5) is 5.69 Å². The van der Waals surface area contributed by atoms with E-state index < -0.39 is 0 Å². The van der Waals surface area contributed by atoms with Crippen molar-refractivity contribution in [2.75, 3.05) is 18.9 Å². The number of carbonyl (C=O) groups excluding carboxylic acids is 1. The van der Waals surface area contributed by atoms with Gasteiger partial charge in [-0.25, -0.2) is 4.79 Å². The fourth-order valence-corrected chi connectivity index (χ4v) is 3.07. The van der Waals surface area contributed by atoms with E-state index in [0.717, 1.165) is 11.3 Å². The number of nitrogens with one attached hydrogen (secondary N) is 1. The van der Waals surface area contributed by atoms with Gasteiger partial charge in [0.1, 0.15) is 0 Å². The summed E-state index contributed by atoms with van der Waals surface area (Å²) in [5.74, 6) is -0.0267. The molecule has 24 heavy (non-hydrogen) atoms. The molecule has 0 aromatic heterocycles. The van der Waals surface area contributed by atoms with Crippen LogP contribution in [-0.4, -0.2) is 29.1 Å². The lowest BCUT2D eigenvalue weighted by molar-refractivity contribution is -0.140. The van der Waals surface area contributed by atoms with Crippen molar-refractivity contribution >= 4 is 29.0 Å². The number of rotatable bonds is 5. The predicted molar refractivity (Wildman–Crippen MR) is 100 cm³/mol. The maximum atomic E-state index is 12.7. The molecule has 1 heterocycles. The Morgan fingerprint density at radius 2 is 2.00 bits per heavy atom. The maximum absolute atomic E-state index is 12.7. The van der Waals surface area contributed by atoms with E-state index in [1.165, 1.54) is 0 Å². The zero-order valence-corrected chi connectivity index (χ0v) is 15.4. The molecule has 0 aliphatic carbocycles. The van der Waals surface area contributed by atoms with Gasteiger partial charge in [0.25, 0.3) is 0 Å². The van der Waals surface area contributed by atoms with Crippen molar-refractivity contribution in [3.05, 3.63) is 41.1 Å². The summed E-state index contributed by atoms with van der Waals surface area (Å²) in [6.45, 7) is 9.01. The third-order valence-corrected chi connectivity index (χ3v) is 4.29. The number of carbonyl (C=O) groups is 1. The molecule has 0 spiro atoms. The molecule has 5 nitrogen and oxygen atoms in total. The van der Waals surface area contributed by atoms with Crippen molar-refractivity contribution in [3.63, 3.8) is 0 Å². The van der Waals surface area contributed by atoms with Crippen LogP contribution in [0.25, 0.3) is 0 Å². The summed E-state index contributed by atoms with van der Waals surface area (Å²) in [5.41, 5.74) is 8.80. The molecule has 0 radical (unpaired) electrons. The number of hydrogen-bond acceptors (Lipinski definition) is 4. The Kier molecular flexibility index (Phi) is 5.83. The van der Waals surface area contributed by atoms with Gasteiger partial charge in [-0.3, -0.25) is 0 Å². The largest absolute Gasteiger partial charge is 0.462 e. The van der Waals surface area contributed by atoms with Crippen molar-refractivity contribution in [2.24, 2.45) is 5.92 Å². The Hall–Kier alpha value is -2.08. The topological polar surface area (TPSA) is 67.6 Å². The predicted octanol–water partition coefficient (Wildman–Crippen LogP) is 2.99. The summed E-state index contributed by atoms with van der Waals surface area (Å²) in [5, 5.41) is 3.87. The highest BCUT2D eigenvalue weighted by Crippen LogP contribution is 2.31. The van der Waals surface area contributed by atoms with Crippen LogP contribution in [0.15, 0.2) is 35.5 Å². The Morgan fingerprint density at radius 3 is 2.54 bits per heavy atom. The first-order valence-corrected chi connectivity index (χ1v) is 8.57. The monoisotopic (exact) mass is 347 g/mol. The summed E-state index contributed by atoms with van der Waals surface area (Å²) in [4.78, 5) is 14.6. The molecule has 0 fully saturated rings. The fraction of sp³-hybridized carbons (Fsp3) is 0.444. The van der Waals surface area contributed by atoms with Crippen molar-refractivity contribution in [3.8, 4) is 0 Å². The molecule has 1 unspecified atom stereocenters. The molecule has 6 heteroatoms. The second-order valence-electron chi connectivity index (χ2n) is 6.28. The van der Waals surface area contributed by atoms with Gasteiger partial charge in [-0.05, 0) is 49.7 Å². The van der Waals surface area contributed by atoms with Gasteiger partial charge in [0.2, 0.25) is 0 Å². The minimum absolute atomic E-state index is 0.282. The van der Waals surface area contributed by atoms with Crippen LogP contribution in [0, 0.1) is 5.92 Å². The summed E-state index contributed by atoms with van der Waals surface area (Å²) in [6, 6.07) is 7.11. The number of thiocarbonyl (C=S) groups is 1. The molecule has 1 aliphatic heterocycles. The first kappa shape index (κ1) is 18.3.